The van der Waals surface area contributed by atoms with Crippen molar-refractivity contribution in [2.75, 3.05) is 13.1 Å². The third kappa shape index (κ3) is 3.34. The van der Waals surface area contributed by atoms with Crippen molar-refractivity contribution in [2.24, 2.45) is 0 Å². The van der Waals surface area contributed by atoms with E-state index in [4.69, 9.17) is 4.74 Å². The summed E-state index contributed by atoms with van der Waals surface area (Å²) < 4.78 is 68.8. The van der Waals surface area contributed by atoms with Gasteiger partial charge >= 0.3 is 6.18 Å². The van der Waals surface area contributed by atoms with Gasteiger partial charge in [-0.1, -0.05) is 6.07 Å². The van der Waals surface area contributed by atoms with Crippen LogP contribution in [0, 0.1) is 0 Å². The molecule has 0 aliphatic carbocycles. The van der Waals surface area contributed by atoms with Crippen LogP contribution in [0.5, 0.6) is 5.88 Å². The van der Waals surface area contributed by atoms with Crippen LogP contribution in [0.3, 0.4) is 0 Å². The number of halogens is 3. The topological polar surface area (TPSA) is 72.4 Å². The van der Waals surface area contributed by atoms with E-state index in [0.29, 0.717) is 0 Å². The number of nitrogens with zero attached hydrogens (tertiary/aromatic N) is 3. The number of sulfonamides is 1. The minimum Gasteiger partial charge on any atom is -0.472 e. The van der Waals surface area contributed by atoms with Crippen LogP contribution in [0.15, 0.2) is 47.6 Å². The van der Waals surface area contributed by atoms with Gasteiger partial charge in [0.2, 0.25) is 15.9 Å². The summed E-state index contributed by atoms with van der Waals surface area (Å²) in [4.78, 5) is 7.20. The maximum Gasteiger partial charge on any atom is 0.433 e. The molecule has 2 aromatic rings. The molecule has 0 saturated carbocycles. The Balaban J connectivity index is 1.64. The number of aromatic nitrogens is 2. The van der Waals surface area contributed by atoms with Crippen molar-refractivity contribution in [2.45, 2.75) is 17.2 Å². The smallest absolute Gasteiger partial charge is 0.433 e. The normalized spacial score (nSPS) is 16.6. The van der Waals surface area contributed by atoms with Gasteiger partial charge in [0.15, 0.2) is 0 Å². The predicted molar refractivity (Wildman–Crippen MR) is 76.7 cm³/mol. The van der Waals surface area contributed by atoms with E-state index in [1.165, 1.54) is 41.0 Å². The quantitative estimate of drug-likeness (QED) is 0.834. The van der Waals surface area contributed by atoms with Crippen LogP contribution >= 0.6 is 0 Å². The van der Waals surface area contributed by atoms with Crippen molar-refractivity contribution < 1.29 is 26.3 Å². The SMILES string of the molecule is O=S(=O)(c1cccnc1)N1CC(Oc2cccc(C(F)(F)F)n2)C1. The van der Waals surface area contributed by atoms with Crippen LogP contribution in [-0.2, 0) is 16.2 Å². The Morgan fingerprint density at radius 1 is 1.17 bits per heavy atom. The van der Waals surface area contributed by atoms with Crippen LogP contribution < -0.4 is 4.74 Å². The second kappa shape index (κ2) is 6.02. The van der Waals surface area contributed by atoms with Gasteiger partial charge < -0.3 is 4.74 Å². The van der Waals surface area contributed by atoms with Crippen molar-refractivity contribution in [1.82, 2.24) is 14.3 Å². The fraction of sp³-hybridized carbons (Fsp3) is 0.286. The standard InChI is InChI=1S/C14H12F3N3O3S/c15-14(16,17)12-4-1-5-13(19-12)23-10-8-20(9-10)24(21,22)11-3-2-6-18-7-11/h1-7,10H,8-9H2. The first-order valence-corrected chi connectivity index (χ1v) is 8.32. The highest BCUT2D eigenvalue weighted by atomic mass is 32.2. The number of hydrogen-bond donors (Lipinski definition) is 0. The van der Waals surface area contributed by atoms with E-state index in [2.05, 4.69) is 9.97 Å². The molecule has 0 atom stereocenters. The average Bonchev–Trinajstić information content (AvgIpc) is 2.50. The summed E-state index contributed by atoms with van der Waals surface area (Å²) in [6.45, 7) is 0.0737. The van der Waals surface area contributed by atoms with Gasteiger partial charge in [-0.2, -0.15) is 17.5 Å². The second-order valence-electron chi connectivity index (χ2n) is 5.11. The molecule has 2 aromatic heterocycles. The van der Waals surface area contributed by atoms with Gasteiger partial charge in [0.05, 0.1) is 13.1 Å². The lowest BCUT2D eigenvalue weighted by Crippen LogP contribution is -2.56. The molecule has 6 nitrogen and oxygen atoms in total. The first-order chi connectivity index (χ1) is 11.3. The van der Waals surface area contributed by atoms with Gasteiger partial charge in [0.1, 0.15) is 16.7 Å². The van der Waals surface area contributed by atoms with Crippen molar-refractivity contribution >= 4 is 10.0 Å². The van der Waals surface area contributed by atoms with Crippen LogP contribution in [-0.4, -0.2) is 41.9 Å². The summed E-state index contributed by atoms with van der Waals surface area (Å²) >= 11 is 0. The van der Waals surface area contributed by atoms with E-state index in [1.54, 1.807) is 0 Å². The molecule has 1 aliphatic rings. The molecule has 1 aliphatic heterocycles. The average molecular weight is 359 g/mol. The number of rotatable bonds is 4. The Labute approximate surface area is 136 Å². The lowest BCUT2D eigenvalue weighted by Gasteiger charge is -2.37. The lowest BCUT2D eigenvalue weighted by molar-refractivity contribution is -0.141. The third-order valence-electron chi connectivity index (χ3n) is 3.39. The van der Waals surface area contributed by atoms with Crippen LogP contribution in [0.1, 0.15) is 5.69 Å². The van der Waals surface area contributed by atoms with Gasteiger partial charge in [0.25, 0.3) is 0 Å². The highest BCUT2D eigenvalue weighted by Gasteiger charge is 2.39. The van der Waals surface area contributed by atoms with E-state index in [1.807, 2.05) is 0 Å². The number of ether oxygens (including phenoxy) is 1. The summed E-state index contributed by atoms with van der Waals surface area (Å²) in [5.41, 5.74) is -1.06. The highest BCUT2D eigenvalue weighted by Crippen LogP contribution is 2.29. The zero-order chi connectivity index (χ0) is 17.4. The Morgan fingerprint density at radius 3 is 2.54 bits per heavy atom. The third-order valence-corrected chi connectivity index (χ3v) is 5.20. The van der Waals surface area contributed by atoms with Crippen molar-refractivity contribution in [1.29, 1.82) is 0 Å². The summed E-state index contributed by atoms with van der Waals surface area (Å²) in [6, 6.07) is 6.26. The molecular weight excluding hydrogens is 347 g/mol. The second-order valence-corrected chi connectivity index (χ2v) is 7.05. The molecule has 0 N–H and O–H groups in total. The van der Waals surface area contributed by atoms with Crippen molar-refractivity contribution in [3.63, 3.8) is 0 Å². The molecule has 10 heteroatoms. The first-order valence-electron chi connectivity index (χ1n) is 6.88. The highest BCUT2D eigenvalue weighted by molar-refractivity contribution is 7.89. The Morgan fingerprint density at radius 2 is 1.92 bits per heavy atom. The van der Waals surface area contributed by atoms with Gasteiger partial charge in [-0.3, -0.25) is 4.98 Å². The molecule has 0 unspecified atom stereocenters. The van der Waals surface area contributed by atoms with E-state index < -0.39 is 28.0 Å². The molecule has 24 heavy (non-hydrogen) atoms. The fourth-order valence-electron chi connectivity index (χ4n) is 2.13. The van der Waals surface area contributed by atoms with Gasteiger partial charge in [0, 0.05) is 18.5 Å². The summed E-state index contributed by atoms with van der Waals surface area (Å²) in [7, 11) is -3.67. The van der Waals surface area contributed by atoms with E-state index in [0.717, 1.165) is 6.07 Å². The molecule has 3 heterocycles. The zero-order valence-corrected chi connectivity index (χ0v) is 13.0. The van der Waals surface area contributed by atoms with Gasteiger partial charge in [-0.05, 0) is 18.2 Å². The summed E-state index contributed by atoms with van der Waals surface area (Å²) in [6.07, 6.45) is -2.42. The Kier molecular flexibility index (Phi) is 4.18. The predicted octanol–water partition coefficient (Wildman–Crippen LogP) is 1.95. The van der Waals surface area contributed by atoms with Crippen molar-refractivity contribution in [3.05, 3.63) is 48.4 Å². The molecular formula is C14H12F3N3O3S. The first kappa shape index (κ1) is 16.7. The van der Waals surface area contributed by atoms with Crippen LogP contribution in [0.25, 0.3) is 0 Å². The largest absolute Gasteiger partial charge is 0.472 e. The summed E-state index contributed by atoms with van der Waals surface area (Å²) in [5.74, 6) is -0.187. The molecule has 128 valence electrons. The fourth-order valence-corrected chi connectivity index (χ4v) is 3.60. The molecule has 0 aromatic carbocycles. The van der Waals surface area contributed by atoms with E-state index in [-0.39, 0.29) is 23.9 Å². The van der Waals surface area contributed by atoms with Gasteiger partial charge in [-0.15, -0.1) is 0 Å². The Hall–Kier alpha value is -2.20. The Bertz CT molecular complexity index is 822. The minimum atomic E-state index is -4.56. The van der Waals surface area contributed by atoms with E-state index in [9.17, 15) is 21.6 Å². The molecule has 1 saturated heterocycles. The number of hydrogen-bond acceptors (Lipinski definition) is 5. The zero-order valence-electron chi connectivity index (χ0n) is 12.1. The molecule has 0 radical (unpaired) electrons. The van der Waals surface area contributed by atoms with Crippen LogP contribution in [0.2, 0.25) is 0 Å². The van der Waals surface area contributed by atoms with Crippen LogP contribution in [0.4, 0.5) is 13.2 Å². The molecule has 1 fully saturated rings. The molecule has 0 bridgehead atoms. The summed E-state index contributed by atoms with van der Waals surface area (Å²) in [5, 5.41) is 0. The maximum absolute atomic E-state index is 12.6. The monoisotopic (exact) mass is 359 g/mol. The number of pyridine rings is 2. The van der Waals surface area contributed by atoms with Gasteiger partial charge in [-0.25, -0.2) is 13.4 Å². The van der Waals surface area contributed by atoms with E-state index >= 15 is 0 Å². The minimum absolute atomic E-state index is 0.0369. The molecule has 3 rings (SSSR count). The lowest BCUT2D eigenvalue weighted by atomic mass is 10.2. The number of alkyl halides is 3. The molecule has 0 spiro atoms. The van der Waals surface area contributed by atoms with Crippen molar-refractivity contribution in [3.8, 4) is 5.88 Å². The maximum atomic E-state index is 12.6. The molecule has 0 amide bonds.